The normalized spacial score (nSPS) is 10.7. The van der Waals surface area contributed by atoms with Crippen LogP contribution in [0.1, 0.15) is 16.2 Å². The number of aromatic nitrogens is 3. The smallest absolute Gasteiger partial charge is 0.278 e. The summed E-state index contributed by atoms with van der Waals surface area (Å²) in [5.74, 6) is 0.418. The maximum Gasteiger partial charge on any atom is 0.278 e. The summed E-state index contributed by atoms with van der Waals surface area (Å²) in [5, 5.41) is 13.3. The Morgan fingerprint density at radius 2 is 1.81 bits per heavy atom. The van der Waals surface area contributed by atoms with Gasteiger partial charge in [0.1, 0.15) is 5.75 Å². The molecule has 4 rings (SSSR count). The van der Waals surface area contributed by atoms with Crippen LogP contribution in [-0.4, -0.2) is 28.0 Å². The molecule has 1 heterocycles. The number of benzene rings is 3. The summed E-state index contributed by atoms with van der Waals surface area (Å²) in [4.78, 5) is 12.7. The molecule has 0 aliphatic carbocycles. The highest BCUT2D eigenvalue weighted by molar-refractivity contribution is 6.04. The molecule has 0 aliphatic heterocycles. The molecule has 0 saturated carbocycles. The van der Waals surface area contributed by atoms with Crippen molar-refractivity contribution in [3.8, 4) is 11.4 Å². The molecule has 0 atom stereocenters. The van der Waals surface area contributed by atoms with E-state index < -0.39 is 0 Å². The van der Waals surface area contributed by atoms with E-state index in [9.17, 15) is 4.79 Å². The van der Waals surface area contributed by atoms with Crippen molar-refractivity contribution in [3.63, 3.8) is 0 Å². The summed E-state index contributed by atoms with van der Waals surface area (Å²) in [6.45, 7) is 1.81. The average molecular weight is 358 g/mol. The fraction of sp³-hybridized carbons (Fsp3) is 0.0952. The van der Waals surface area contributed by atoms with Crippen molar-refractivity contribution in [2.24, 2.45) is 0 Å². The summed E-state index contributed by atoms with van der Waals surface area (Å²) in [5.41, 5.74) is 2.44. The van der Waals surface area contributed by atoms with Crippen LogP contribution in [0.3, 0.4) is 0 Å². The number of ether oxygens (including phenoxy) is 1. The van der Waals surface area contributed by atoms with Crippen LogP contribution >= 0.6 is 0 Å². The number of fused-ring (bicyclic) bond motifs is 1. The van der Waals surface area contributed by atoms with Crippen molar-refractivity contribution < 1.29 is 9.53 Å². The van der Waals surface area contributed by atoms with Gasteiger partial charge in [-0.15, -0.1) is 5.10 Å². The Hall–Kier alpha value is -3.67. The summed E-state index contributed by atoms with van der Waals surface area (Å²) >= 11 is 0. The quantitative estimate of drug-likeness (QED) is 0.599. The molecular weight excluding hydrogens is 340 g/mol. The van der Waals surface area contributed by atoms with E-state index >= 15 is 0 Å². The van der Waals surface area contributed by atoms with E-state index in [1.807, 2.05) is 73.7 Å². The lowest BCUT2D eigenvalue weighted by Crippen LogP contribution is -2.14. The minimum absolute atomic E-state index is 0.283. The maximum atomic E-state index is 12.7. The zero-order chi connectivity index (χ0) is 18.8. The number of methoxy groups -OCH3 is 1. The first kappa shape index (κ1) is 16.8. The van der Waals surface area contributed by atoms with Crippen molar-refractivity contribution in [2.45, 2.75) is 6.92 Å². The van der Waals surface area contributed by atoms with E-state index in [2.05, 4.69) is 15.6 Å². The molecule has 0 aliphatic rings. The number of amides is 1. The van der Waals surface area contributed by atoms with Crippen LogP contribution in [0.15, 0.2) is 66.7 Å². The minimum atomic E-state index is -0.295. The van der Waals surface area contributed by atoms with Crippen molar-refractivity contribution in [1.82, 2.24) is 15.0 Å². The third-order valence-electron chi connectivity index (χ3n) is 4.41. The van der Waals surface area contributed by atoms with Crippen LogP contribution in [0, 0.1) is 6.92 Å². The second kappa shape index (κ2) is 6.92. The fourth-order valence-electron chi connectivity index (χ4n) is 2.98. The number of nitrogens with zero attached hydrogens (tertiary/aromatic N) is 3. The second-order valence-corrected chi connectivity index (χ2v) is 6.15. The van der Waals surface area contributed by atoms with Crippen LogP contribution in [0.5, 0.6) is 5.75 Å². The van der Waals surface area contributed by atoms with Gasteiger partial charge in [0.05, 0.1) is 18.5 Å². The van der Waals surface area contributed by atoms with E-state index in [4.69, 9.17) is 4.74 Å². The molecule has 1 N–H and O–H groups in total. The van der Waals surface area contributed by atoms with Gasteiger partial charge < -0.3 is 10.1 Å². The molecule has 1 aromatic heterocycles. The van der Waals surface area contributed by atoms with Gasteiger partial charge in [-0.05, 0) is 42.0 Å². The van der Waals surface area contributed by atoms with Crippen LogP contribution in [0.4, 0.5) is 5.69 Å². The largest absolute Gasteiger partial charge is 0.497 e. The third-order valence-corrected chi connectivity index (χ3v) is 4.41. The van der Waals surface area contributed by atoms with Crippen LogP contribution in [-0.2, 0) is 0 Å². The highest BCUT2D eigenvalue weighted by atomic mass is 16.5. The Kier molecular flexibility index (Phi) is 4.30. The lowest BCUT2D eigenvalue weighted by molar-refractivity contribution is 0.102. The van der Waals surface area contributed by atoms with Gasteiger partial charge in [-0.3, -0.25) is 4.79 Å². The highest BCUT2D eigenvalue weighted by Gasteiger charge is 2.18. The topological polar surface area (TPSA) is 69.0 Å². The molecule has 0 bridgehead atoms. The number of carbonyl (C=O) groups excluding carboxylic acids is 1. The number of anilines is 1. The van der Waals surface area contributed by atoms with Crippen LogP contribution in [0.2, 0.25) is 0 Å². The van der Waals surface area contributed by atoms with Gasteiger partial charge in [0, 0.05) is 11.8 Å². The monoisotopic (exact) mass is 358 g/mol. The SMILES string of the molecule is COc1cccc(-n2nnc(C(=O)Nc3ccc4ccccc4c3)c2C)c1. The number of nitrogens with one attached hydrogen (secondary N) is 1. The van der Waals surface area contributed by atoms with Crippen molar-refractivity contribution in [1.29, 1.82) is 0 Å². The number of rotatable bonds is 4. The Bertz CT molecular complexity index is 1130. The van der Waals surface area contributed by atoms with E-state index in [-0.39, 0.29) is 11.6 Å². The van der Waals surface area contributed by atoms with Gasteiger partial charge in [-0.1, -0.05) is 41.6 Å². The lowest BCUT2D eigenvalue weighted by Gasteiger charge is -2.07. The molecule has 3 aromatic carbocycles. The van der Waals surface area contributed by atoms with Gasteiger partial charge in [-0.25, -0.2) is 4.68 Å². The van der Waals surface area contributed by atoms with Crippen molar-refractivity contribution in [3.05, 3.63) is 78.1 Å². The van der Waals surface area contributed by atoms with Crippen LogP contribution in [0.25, 0.3) is 16.5 Å². The van der Waals surface area contributed by atoms with Crippen molar-refractivity contribution >= 4 is 22.4 Å². The zero-order valence-corrected chi connectivity index (χ0v) is 15.0. The van der Waals surface area contributed by atoms with Crippen LogP contribution < -0.4 is 10.1 Å². The zero-order valence-electron chi connectivity index (χ0n) is 15.0. The molecule has 6 heteroatoms. The second-order valence-electron chi connectivity index (χ2n) is 6.15. The van der Waals surface area contributed by atoms with E-state index in [1.165, 1.54) is 0 Å². The molecule has 27 heavy (non-hydrogen) atoms. The first-order valence-corrected chi connectivity index (χ1v) is 8.52. The fourth-order valence-corrected chi connectivity index (χ4v) is 2.98. The molecule has 4 aromatic rings. The predicted molar refractivity (Wildman–Crippen MR) is 105 cm³/mol. The lowest BCUT2D eigenvalue weighted by atomic mass is 10.1. The maximum absolute atomic E-state index is 12.7. The summed E-state index contributed by atoms with van der Waals surface area (Å²) in [6, 6.07) is 21.2. The molecule has 134 valence electrons. The van der Waals surface area contributed by atoms with E-state index in [0.29, 0.717) is 17.1 Å². The van der Waals surface area contributed by atoms with Gasteiger partial charge >= 0.3 is 0 Å². The number of carbonyl (C=O) groups is 1. The van der Waals surface area contributed by atoms with Gasteiger partial charge in [0.2, 0.25) is 0 Å². The molecular formula is C21H18N4O2. The first-order chi connectivity index (χ1) is 13.2. The molecule has 0 fully saturated rings. The summed E-state index contributed by atoms with van der Waals surface area (Å²) < 4.78 is 6.87. The molecule has 1 amide bonds. The van der Waals surface area contributed by atoms with Gasteiger partial charge in [-0.2, -0.15) is 0 Å². The number of hydrogen-bond donors (Lipinski definition) is 1. The standard InChI is InChI=1S/C21H18N4O2/c1-14-20(23-24-25(14)18-8-5-9-19(13-18)27-2)21(26)22-17-11-10-15-6-3-4-7-16(15)12-17/h3-13H,1-2H3,(H,22,26). The molecule has 0 radical (unpaired) electrons. The van der Waals surface area contributed by atoms with Gasteiger partial charge in [0.15, 0.2) is 5.69 Å². The summed E-state index contributed by atoms with van der Waals surface area (Å²) in [7, 11) is 1.61. The predicted octanol–water partition coefficient (Wildman–Crippen LogP) is 3.99. The third kappa shape index (κ3) is 3.25. The first-order valence-electron chi connectivity index (χ1n) is 8.52. The number of hydrogen-bond acceptors (Lipinski definition) is 4. The molecule has 0 spiro atoms. The molecule has 6 nitrogen and oxygen atoms in total. The average Bonchev–Trinajstić information content (AvgIpc) is 3.09. The molecule has 0 unspecified atom stereocenters. The Morgan fingerprint density at radius 1 is 1.00 bits per heavy atom. The van der Waals surface area contributed by atoms with Crippen molar-refractivity contribution in [2.75, 3.05) is 12.4 Å². The van der Waals surface area contributed by atoms with Gasteiger partial charge in [0.25, 0.3) is 5.91 Å². The van der Waals surface area contributed by atoms with E-state index in [0.717, 1.165) is 16.5 Å². The Balaban J connectivity index is 1.61. The Labute approximate surface area is 156 Å². The molecule has 0 saturated heterocycles. The minimum Gasteiger partial charge on any atom is -0.497 e. The van der Waals surface area contributed by atoms with E-state index in [1.54, 1.807) is 11.8 Å². The summed E-state index contributed by atoms with van der Waals surface area (Å²) in [6.07, 6.45) is 0. The highest BCUT2D eigenvalue weighted by Crippen LogP contribution is 2.21. The Morgan fingerprint density at radius 3 is 2.63 bits per heavy atom.